The number of halogens is 1. The maximum Gasteiger partial charge on any atom is 0.303 e. The van der Waals surface area contributed by atoms with E-state index in [4.69, 9.17) is 5.11 Å². The Morgan fingerprint density at radius 1 is 1.70 bits per heavy atom. The molecule has 0 radical (unpaired) electrons. The lowest BCUT2D eigenvalue weighted by Gasteiger charge is -2.02. The minimum Gasteiger partial charge on any atom is -0.481 e. The van der Waals surface area contributed by atoms with Gasteiger partial charge in [0, 0.05) is 6.42 Å². The van der Waals surface area contributed by atoms with Gasteiger partial charge in [0.1, 0.15) is 0 Å². The number of aliphatic carboxylic acids is 1. The van der Waals surface area contributed by atoms with Crippen molar-refractivity contribution in [3.8, 4) is 0 Å². The lowest BCUT2D eigenvalue weighted by molar-refractivity contribution is -0.137. The van der Waals surface area contributed by atoms with Gasteiger partial charge in [-0.2, -0.15) is 0 Å². The van der Waals surface area contributed by atoms with Crippen LogP contribution in [0.15, 0.2) is 0 Å². The molecule has 3 heteroatoms. The van der Waals surface area contributed by atoms with Crippen molar-refractivity contribution in [2.75, 3.05) is 6.67 Å². The summed E-state index contributed by atoms with van der Waals surface area (Å²) < 4.78 is 11.8. The second-order valence-electron chi connectivity index (χ2n) is 2.55. The van der Waals surface area contributed by atoms with E-state index < -0.39 is 5.97 Å². The van der Waals surface area contributed by atoms with Crippen molar-refractivity contribution < 1.29 is 14.3 Å². The molecule has 0 bridgehead atoms. The van der Waals surface area contributed by atoms with Crippen LogP contribution >= 0.6 is 0 Å². The van der Waals surface area contributed by atoms with Gasteiger partial charge in [0.15, 0.2) is 0 Å². The Morgan fingerprint density at radius 3 is 2.70 bits per heavy atom. The first kappa shape index (κ1) is 9.40. The van der Waals surface area contributed by atoms with Gasteiger partial charge in [0.25, 0.3) is 0 Å². The molecule has 10 heavy (non-hydrogen) atoms. The first-order valence-electron chi connectivity index (χ1n) is 3.44. The number of hydrogen-bond acceptors (Lipinski definition) is 1. The summed E-state index contributed by atoms with van der Waals surface area (Å²) in [5, 5.41) is 8.21. The van der Waals surface area contributed by atoms with Crippen LogP contribution in [-0.4, -0.2) is 17.8 Å². The highest BCUT2D eigenvalue weighted by Gasteiger charge is 2.02. The van der Waals surface area contributed by atoms with E-state index in [0.29, 0.717) is 12.8 Å². The predicted molar refractivity (Wildman–Crippen MR) is 36.6 cm³/mol. The fourth-order valence-corrected chi connectivity index (χ4v) is 0.679. The van der Waals surface area contributed by atoms with Crippen molar-refractivity contribution >= 4 is 5.97 Å². The third-order valence-electron chi connectivity index (χ3n) is 1.35. The third-order valence-corrected chi connectivity index (χ3v) is 1.35. The Kier molecular flexibility index (Phi) is 4.89. The predicted octanol–water partition coefficient (Wildman–Crippen LogP) is 1.85. The molecule has 0 aliphatic heterocycles. The summed E-state index contributed by atoms with van der Waals surface area (Å²) >= 11 is 0. The number of rotatable bonds is 5. The Balaban J connectivity index is 3.11. The normalized spacial score (nSPS) is 13.0. The summed E-state index contributed by atoms with van der Waals surface area (Å²) in [6.07, 6.45) is 1.41. The smallest absolute Gasteiger partial charge is 0.303 e. The van der Waals surface area contributed by atoms with Gasteiger partial charge in [0.05, 0.1) is 6.67 Å². The van der Waals surface area contributed by atoms with Gasteiger partial charge in [-0.05, 0) is 18.8 Å². The van der Waals surface area contributed by atoms with Crippen molar-refractivity contribution in [2.45, 2.75) is 26.2 Å². The second-order valence-corrected chi connectivity index (χ2v) is 2.55. The van der Waals surface area contributed by atoms with E-state index in [1.807, 2.05) is 0 Å². The minimum atomic E-state index is -0.800. The van der Waals surface area contributed by atoms with Gasteiger partial charge in [-0.15, -0.1) is 0 Å². The lowest BCUT2D eigenvalue weighted by atomic mass is 10.1. The molecule has 0 aromatic heterocycles. The monoisotopic (exact) mass is 148 g/mol. The highest BCUT2D eigenvalue weighted by atomic mass is 19.1. The van der Waals surface area contributed by atoms with E-state index >= 15 is 0 Å². The number of carboxylic acid groups (broad SMARTS) is 1. The van der Waals surface area contributed by atoms with Crippen LogP contribution in [0.25, 0.3) is 0 Å². The molecule has 0 aliphatic rings. The summed E-state index contributed by atoms with van der Waals surface area (Å²) in [5.41, 5.74) is 0. The van der Waals surface area contributed by atoms with Gasteiger partial charge in [0.2, 0.25) is 0 Å². The Labute approximate surface area is 60.1 Å². The van der Waals surface area contributed by atoms with E-state index in [1.54, 1.807) is 6.92 Å². The average Bonchev–Trinajstić information content (AvgIpc) is 1.87. The molecule has 1 unspecified atom stereocenters. The van der Waals surface area contributed by atoms with Gasteiger partial charge >= 0.3 is 5.97 Å². The zero-order chi connectivity index (χ0) is 7.98. The van der Waals surface area contributed by atoms with Crippen molar-refractivity contribution in [1.82, 2.24) is 0 Å². The van der Waals surface area contributed by atoms with Crippen molar-refractivity contribution in [1.29, 1.82) is 0 Å². The molecule has 0 rings (SSSR count). The van der Waals surface area contributed by atoms with Gasteiger partial charge < -0.3 is 5.11 Å². The molecule has 1 atom stereocenters. The molecule has 1 N–H and O–H groups in total. The quantitative estimate of drug-likeness (QED) is 0.646. The summed E-state index contributed by atoms with van der Waals surface area (Å²) in [4.78, 5) is 9.98. The molecule has 0 aromatic carbocycles. The number of alkyl halides is 1. The van der Waals surface area contributed by atoms with E-state index in [-0.39, 0.29) is 19.0 Å². The SMILES string of the molecule is CC(CF)CCCC(=O)O. The third kappa shape index (κ3) is 5.54. The first-order valence-corrected chi connectivity index (χ1v) is 3.44. The van der Waals surface area contributed by atoms with Crippen LogP contribution in [0.4, 0.5) is 4.39 Å². The summed E-state index contributed by atoms with van der Waals surface area (Å²) in [7, 11) is 0. The Morgan fingerprint density at radius 2 is 2.30 bits per heavy atom. The van der Waals surface area contributed by atoms with Crippen LogP contribution < -0.4 is 0 Å². The number of carboxylic acids is 1. The van der Waals surface area contributed by atoms with Crippen molar-refractivity contribution in [2.24, 2.45) is 5.92 Å². The molecule has 0 heterocycles. The average molecular weight is 148 g/mol. The zero-order valence-corrected chi connectivity index (χ0v) is 6.14. The van der Waals surface area contributed by atoms with E-state index in [2.05, 4.69) is 0 Å². The van der Waals surface area contributed by atoms with Gasteiger partial charge in [-0.3, -0.25) is 9.18 Å². The fraction of sp³-hybridized carbons (Fsp3) is 0.857. The van der Waals surface area contributed by atoms with E-state index in [9.17, 15) is 9.18 Å². The van der Waals surface area contributed by atoms with Crippen molar-refractivity contribution in [3.63, 3.8) is 0 Å². The lowest BCUT2D eigenvalue weighted by Crippen LogP contribution is -1.99. The number of hydrogen-bond donors (Lipinski definition) is 1. The first-order chi connectivity index (χ1) is 4.66. The maximum atomic E-state index is 11.8. The molecule has 0 saturated heterocycles. The summed E-state index contributed by atoms with van der Waals surface area (Å²) in [5.74, 6) is -0.787. The molecule has 2 nitrogen and oxygen atoms in total. The standard InChI is InChI=1S/C7H13FO2/c1-6(5-8)3-2-4-7(9)10/h6H,2-5H2,1H3,(H,9,10). The van der Waals surface area contributed by atoms with E-state index in [1.165, 1.54) is 0 Å². The van der Waals surface area contributed by atoms with Crippen LogP contribution in [-0.2, 0) is 4.79 Å². The second kappa shape index (κ2) is 5.21. The highest BCUT2D eigenvalue weighted by Crippen LogP contribution is 2.07. The maximum absolute atomic E-state index is 11.8. The van der Waals surface area contributed by atoms with Crippen LogP contribution in [0.1, 0.15) is 26.2 Å². The van der Waals surface area contributed by atoms with Crippen molar-refractivity contribution in [3.05, 3.63) is 0 Å². The summed E-state index contributed by atoms with van der Waals surface area (Å²) in [6, 6.07) is 0. The summed E-state index contributed by atoms with van der Waals surface area (Å²) in [6.45, 7) is 1.43. The van der Waals surface area contributed by atoms with E-state index in [0.717, 1.165) is 0 Å². The topological polar surface area (TPSA) is 37.3 Å². The van der Waals surface area contributed by atoms with Crippen LogP contribution in [0.3, 0.4) is 0 Å². The molecule has 0 saturated carbocycles. The largest absolute Gasteiger partial charge is 0.481 e. The molecule has 0 fully saturated rings. The van der Waals surface area contributed by atoms with Crippen LogP contribution in [0.5, 0.6) is 0 Å². The minimum absolute atomic E-state index is 0.0133. The molecule has 0 spiro atoms. The molecule has 0 amide bonds. The highest BCUT2D eigenvalue weighted by molar-refractivity contribution is 5.66. The Bertz CT molecular complexity index is 104. The molecule has 0 aliphatic carbocycles. The van der Waals surface area contributed by atoms with Gasteiger partial charge in [-0.25, -0.2) is 0 Å². The molecular formula is C7H13FO2. The van der Waals surface area contributed by atoms with Gasteiger partial charge in [-0.1, -0.05) is 6.92 Å². The van der Waals surface area contributed by atoms with Crippen LogP contribution in [0, 0.1) is 5.92 Å². The number of carbonyl (C=O) groups is 1. The molecule has 60 valence electrons. The zero-order valence-electron chi connectivity index (χ0n) is 6.14. The Hall–Kier alpha value is -0.600. The fourth-order valence-electron chi connectivity index (χ4n) is 0.679. The molecular weight excluding hydrogens is 135 g/mol. The van der Waals surface area contributed by atoms with Crippen LogP contribution in [0.2, 0.25) is 0 Å². The molecule has 0 aromatic rings.